The third-order valence-corrected chi connectivity index (χ3v) is 3.41. The van der Waals surface area contributed by atoms with Gasteiger partial charge < -0.3 is 5.11 Å². The van der Waals surface area contributed by atoms with E-state index in [4.69, 9.17) is 0 Å². The smallest absolute Gasteiger partial charge is 0.120 e. The van der Waals surface area contributed by atoms with Crippen LogP contribution in [0.25, 0.3) is 0 Å². The number of fused-ring (bicyclic) bond motifs is 1. The van der Waals surface area contributed by atoms with Crippen molar-refractivity contribution in [2.45, 2.75) is 40.3 Å². The average Bonchev–Trinajstić information content (AvgIpc) is 2.57. The SMILES string of the molecule is CCN1Cc2cccc(O)c2[C@H]1C(C)(C)C. The van der Waals surface area contributed by atoms with E-state index in [1.165, 1.54) is 5.56 Å². The zero-order chi connectivity index (χ0) is 11.9. The number of hydrogen-bond donors (Lipinski definition) is 1. The van der Waals surface area contributed by atoms with E-state index in [-0.39, 0.29) is 5.41 Å². The molecule has 0 aliphatic carbocycles. The molecule has 0 saturated carbocycles. The van der Waals surface area contributed by atoms with Crippen LogP contribution in [0, 0.1) is 5.41 Å². The second kappa shape index (κ2) is 3.77. The Hall–Kier alpha value is -1.02. The molecule has 2 rings (SSSR count). The van der Waals surface area contributed by atoms with Gasteiger partial charge in [0.2, 0.25) is 0 Å². The summed E-state index contributed by atoms with van der Waals surface area (Å²) in [5, 5.41) is 10.1. The van der Waals surface area contributed by atoms with Gasteiger partial charge in [0.05, 0.1) is 0 Å². The molecular weight excluding hydrogens is 198 g/mol. The number of rotatable bonds is 1. The van der Waals surface area contributed by atoms with Crippen molar-refractivity contribution in [1.82, 2.24) is 4.90 Å². The first kappa shape index (κ1) is 11.5. The predicted octanol–water partition coefficient (Wildman–Crippen LogP) is 3.31. The summed E-state index contributed by atoms with van der Waals surface area (Å²) in [6.07, 6.45) is 0. The fraction of sp³-hybridized carbons (Fsp3) is 0.571. The topological polar surface area (TPSA) is 23.5 Å². The van der Waals surface area contributed by atoms with Gasteiger partial charge in [0.1, 0.15) is 5.75 Å². The fourth-order valence-electron chi connectivity index (χ4n) is 2.82. The molecule has 1 N–H and O–H groups in total. The summed E-state index contributed by atoms with van der Waals surface area (Å²) in [5.74, 6) is 0.452. The summed E-state index contributed by atoms with van der Waals surface area (Å²) in [6, 6.07) is 6.20. The number of aromatic hydroxyl groups is 1. The van der Waals surface area contributed by atoms with Crippen LogP contribution >= 0.6 is 0 Å². The molecule has 0 amide bonds. The monoisotopic (exact) mass is 219 g/mol. The van der Waals surface area contributed by atoms with Crippen molar-refractivity contribution in [1.29, 1.82) is 0 Å². The van der Waals surface area contributed by atoms with Crippen molar-refractivity contribution < 1.29 is 5.11 Å². The molecule has 88 valence electrons. The van der Waals surface area contributed by atoms with Crippen LogP contribution in [0.1, 0.15) is 44.9 Å². The Kier molecular flexibility index (Phi) is 2.70. The van der Waals surface area contributed by atoms with E-state index in [1.54, 1.807) is 6.07 Å². The number of phenolic OH excluding ortho intramolecular Hbond substituents is 1. The Bertz CT molecular complexity index is 392. The highest BCUT2D eigenvalue weighted by atomic mass is 16.3. The van der Waals surface area contributed by atoms with Gasteiger partial charge in [0.15, 0.2) is 0 Å². The van der Waals surface area contributed by atoms with Crippen LogP contribution in [0.4, 0.5) is 0 Å². The van der Waals surface area contributed by atoms with E-state index in [0.29, 0.717) is 11.8 Å². The van der Waals surface area contributed by atoms with Gasteiger partial charge in [-0.05, 0) is 23.6 Å². The highest BCUT2D eigenvalue weighted by molar-refractivity contribution is 5.45. The maximum Gasteiger partial charge on any atom is 0.120 e. The van der Waals surface area contributed by atoms with Gasteiger partial charge in [0.25, 0.3) is 0 Å². The molecule has 1 aliphatic heterocycles. The van der Waals surface area contributed by atoms with Crippen molar-refractivity contribution in [3.8, 4) is 5.75 Å². The van der Waals surface area contributed by atoms with Gasteiger partial charge in [-0.25, -0.2) is 0 Å². The molecule has 1 aromatic rings. The summed E-state index contributed by atoms with van der Waals surface area (Å²) in [5.41, 5.74) is 2.57. The maximum absolute atomic E-state index is 10.1. The molecule has 1 aliphatic rings. The standard InChI is InChI=1S/C14H21NO/c1-5-15-9-10-7-6-8-11(16)12(10)13(15)14(2,3)4/h6-8,13,16H,5,9H2,1-4H3/t13-/m0/s1. The molecule has 0 bridgehead atoms. The Labute approximate surface area is 97.9 Å². The molecule has 1 heterocycles. The summed E-state index contributed by atoms with van der Waals surface area (Å²) >= 11 is 0. The predicted molar refractivity (Wildman–Crippen MR) is 66.4 cm³/mol. The first-order chi connectivity index (χ1) is 7.45. The molecule has 0 aromatic heterocycles. The van der Waals surface area contributed by atoms with Crippen molar-refractivity contribution in [2.75, 3.05) is 6.54 Å². The Balaban J connectivity index is 2.52. The molecule has 1 atom stereocenters. The van der Waals surface area contributed by atoms with Gasteiger partial charge in [-0.15, -0.1) is 0 Å². The van der Waals surface area contributed by atoms with Gasteiger partial charge in [0, 0.05) is 18.2 Å². The van der Waals surface area contributed by atoms with Gasteiger partial charge in [-0.2, -0.15) is 0 Å². The minimum absolute atomic E-state index is 0.153. The fourth-order valence-corrected chi connectivity index (χ4v) is 2.82. The van der Waals surface area contributed by atoms with E-state index in [1.807, 2.05) is 6.07 Å². The average molecular weight is 219 g/mol. The number of phenols is 1. The third-order valence-electron chi connectivity index (χ3n) is 3.41. The highest BCUT2D eigenvalue weighted by Gasteiger charge is 2.39. The summed E-state index contributed by atoms with van der Waals surface area (Å²) < 4.78 is 0. The number of benzene rings is 1. The molecule has 2 nitrogen and oxygen atoms in total. The molecule has 0 saturated heterocycles. The maximum atomic E-state index is 10.1. The largest absolute Gasteiger partial charge is 0.508 e. The summed E-state index contributed by atoms with van der Waals surface area (Å²) in [6.45, 7) is 10.9. The molecule has 2 heteroatoms. The molecule has 0 unspecified atom stereocenters. The number of hydrogen-bond acceptors (Lipinski definition) is 2. The molecule has 16 heavy (non-hydrogen) atoms. The first-order valence-corrected chi connectivity index (χ1v) is 6.00. The Morgan fingerprint density at radius 3 is 2.62 bits per heavy atom. The Morgan fingerprint density at radius 1 is 1.38 bits per heavy atom. The zero-order valence-electron chi connectivity index (χ0n) is 10.6. The first-order valence-electron chi connectivity index (χ1n) is 6.00. The molecule has 1 aromatic carbocycles. The minimum Gasteiger partial charge on any atom is -0.508 e. The minimum atomic E-state index is 0.153. The molecular formula is C14H21NO. The van der Waals surface area contributed by atoms with E-state index in [0.717, 1.165) is 18.7 Å². The summed E-state index contributed by atoms with van der Waals surface area (Å²) in [4.78, 5) is 2.43. The van der Waals surface area contributed by atoms with Crippen LogP contribution in [0.3, 0.4) is 0 Å². The van der Waals surface area contributed by atoms with E-state index in [2.05, 4.69) is 38.7 Å². The van der Waals surface area contributed by atoms with Crippen molar-refractivity contribution in [3.05, 3.63) is 29.3 Å². The van der Waals surface area contributed by atoms with E-state index < -0.39 is 0 Å². The van der Waals surface area contributed by atoms with Crippen LogP contribution in [0.2, 0.25) is 0 Å². The van der Waals surface area contributed by atoms with Crippen molar-refractivity contribution in [3.63, 3.8) is 0 Å². The number of nitrogens with zero attached hydrogens (tertiary/aromatic N) is 1. The second-order valence-electron chi connectivity index (χ2n) is 5.68. The lowest BCUT2D eigenvalue weighted by Gasteiger charge is -2.35. The van der Waals surface area contributed by atoms with Gasteiger partial charge >= 0.3 is 0 Å². The van der Waals surface area contributed by atoms with Crippen LogP contribution in [0.15, 0.2) is 18.2 Å². The molecule has 0 spiro atoms. The van der Waals surface area contributed by atoms with Gasteiger partial charge in [-0.3, -0.25) is 4.90 Å². The van der Waals surface area contributed by atoms with Crippen molar-refractivity contribution >= 4 is 0 Å². The molecule has 0 radical (unpaired) electrons. The lowest BCUT2D eigenvalue weighted by molar-refractivity contribution is 0.117. The lowest BCUT2D eigenvalue weighted by Crippen LogP contribution is -2.31. The van der Waals surface area contributed by atoms with Crippen LogP contribution in [0.5, 0.6) is 5.75 Å². The summed E-state index contributed by atoms with van der Waals surface area (Å²) in [7, 11) is 0. The van der Waals surface area contributed by atoms with Crippen molar-refractivity contribution in [2.24, 2.45) is 5.41 Å². The van der Waals surface area contributed by atoms with E-state index in [9.17, 15) is 5.11 Å². The second-order valence-corrected chi connectivity index (χ2v) is 5.68. The van der Waals surface area contributed by atoms with Crippen LogP contribution in [-0.2, 0) is 6.54 Å². The zero-order valence-corrected chi connectivity index (χ0v) is 10.6. The van der Waals surface area contributed by atoms with Gasteiger partial charge in [-0.1, -0.05) is 39.8 Å². The normalized spacial score (nSPS) is 21.1. The third kappa shape index (κ3) is 1.71. The Morgan fingerprint density at radius 2 is 2.06 bits per heavy atom. The van der Waals surface area contributed by atoms with Crippen LogP contribution < -0.4 is 0 Å². The quantitative estimate of drug-likeness (QED) is 0.783. The lowest BCUT2D eigenvalue weighted by atomic mass is 9.82. The van der Waals surface area contributed by atoms with Crippen LogP contribution in [-0.4, -0.2) is 16.6 Å². The molecule has 0 fully saturated rings. The van der Waals surface area contributed by atoms with E-state index >= 15 is 0 Å². The highest BCUT2D eigenvalue weighted by Crippen LogP contribution is 2.47.